The van der Waals surface area contributed by atoms with Gasteiger partial charge in [-0.15, -0.1) is 0 Å². The monoisotopic (exact) mass is 242 g/mol. The molecule has 0 aliphatic carbocycles. The van der Waals surface area contributed by atoms with Crippen molar-refractivity contribution in [3.05, 3.63) is 24.0 Å². The minimum absolute atomic E-state index is 0.162. The Morgan fingerprint density at radius 3 is 2.94 bits per heavy atom. The lowest BCUT2D eigenvalue weighted by Crippen LogP contribution is -2.31. The summed E-state index contributed by atoms with van der Waals surface area (Å²) in [6, 6.07) is 3.74. The lowest BCUT2D eigenvalue weighted by Gasteiger charge is -2.09. The van der Waals surface area contributed by atoms with Gasteiger partial charge in [-0.3, -0.25) is 4.79 Å². The third-order valence-electron chi connectivity index (χ3n) is 1.96. The standard InChI is InChI=1S/C11H15FN2O3/c1-16-5-4-14-11(15)7-17-10-3-2-8(12)6-9(10)13/h2-3,6H,4-5,7,13H2,1H3,(H,14,15). The second-order valence-electron chi connectivity index (χ2n) is 3.31. The molecule has 1 aromatic rings. The van der Waals surface area contributed by atoms with Crippen molar-refractivity contribution in [2.45, 2.75) is 0 Å². The Labute approximate surface area is 98.7 Å². The van der Waals surface area contributed by atoms with Crippen molar-refractivity contribution in [1.82, 2.24) is 5.32 Å². The molecule has 0 atom stereocenters. The number of benzene rings is 1. The van der Waals surface area contributed by atoms with Crippen LogP contribution < -0.4 is 15.8 Å². The highest BCUT2D eigenvalue weighted by molar-refractivity contribution is 5.77. The second-order valence-corrected chi connectivity index (χ2v) is 3.31. The molecule has 1 rings (SSSR count). The summed E-state index contributed by atoms with van der Waals surface area (Å²) in [6.45, 7) is 0.682. The van der Waals surface area contributed by atoms with E-state index in [1.807, 2.05) is 0 Å². The van der Waals surface area contributed by atoms with Gasteiger partial charge in [-0.1, -0.05) is 0 Å². The van der Waals surface area contributed by atoms with Crippen LogP contribution in [-0.4, -0.2) is 32.8 Å². The van der Waals surface area contributed by atoms with E-state index in [0.717, 1.165) is 6.07 Å². The molecular weight excluding hydrogens is 227 g/mol. The van der Waals surface area contributed by atoms with Gasteiger partial charge in [-0.05, 0) is 12.1 Å². The number of amides is 1. The van der Waals surface area contributed by atoms with E-state index in [1.165, 1.54) is 12.1 Å². The van der Waals surface area contributed by atoms with Crippen LogP contribution in [0.5, 0.6) is 5.75 Å². The van der Waals surface area contributed by atoms with Crippen molar-refractivity contribution < 1.29 is 18.7 Å². The van der Waals surface area contributed by atoms with Gasteiger partial charge in [0.15, 0.2) is 6.61 Å². The zero-order chi connectivity index (χ0) is 12.7. The molecular formula is C11H15FN2O3. The van der Waals surface area contributed by atoms with Crippen molar-refractivity contribution in [2.75, 3.05) is 32.6 Å². The van der Waals surface area contributed by atoms with Crippen LogP contribution in [0.2, 0.25) is 0 Å². The predicted molar refractivity (Wildman–Crippen MR) is 61.2 cm³/mol. The van der Waals surface area contributed by atoms with E-state index in [2.05, 4.69) is 5.32 Å². The summed E-state index contributed by atoms with van der Waals surface area (Å²) in [4.78, 5) is 11.3. The minimum atomic E-state index is -0.445. The van der Waals surface area contributed by atoms with Crippen molar-refractivity contribution in [1.29, 1.82) is 0 Å². The van der Waals surface area contributed by atoms with E-state index in [4.69, 9.17) is 15.2 Å². The molecule has 6 heteroatoms. The lowest BCUT2D eigenvalue weighted by molar-refractivity contribution is -0.123. The van der Waals surface area contributed by atoms with E-state index in [9.17, 15) is 9.18 Å². The minimum Gasteiger partial charge on any atom is -0.482 e. The number of nitrogens with two attached hydrogens (primary N) is 1. The number of hydrogen-bond donors (Lipinski definition) is 2. The second kappa shape index (κ2) is 6.70. The fourth-order valence-corrected chi connectivity index (χ4v) is 1.14. The third-order valence-corrected chi connectivity index (χ3v) is 1.96. The molecule has 1 amide bonds. The van der Waals surface area contributed by atoms with Crippen molar-refractivity contribution in [2.24, 2.45) is 0 Å². The number of nitrogens with one attached hydrogen (secondary N) is 1. The first-order chi connectivity index (χ1) is 8.13. The Morgan fingerprint density at radius 1 is 1.53 bits per heavy atom. The quantitative estimate of drug-likeness (QED) is 0.564. The number of ether oxygens (including phenoxy) is 2. The number of halogens is 1. The highest BCUT2D eigenvalue weighted by atomic mass is 19.1. The molecule has 5 nitrogen and oxygen atoms in total. The summed E-state index contributed by atoms with van der Waals surface area (Å²) in [5, 5.41) is 2.58. The van der Waals surface area contributed by atoms with Gasteiger partial charge in [-0.2, -0.15) is 0 Å². The first-order valence-electron chi connectivity index (χ1n) is 5.07. The SMILES string of the molecule is COCCNC(=O)COc1ccc(F)cc1N. The van der Waals surface area contributed by atoms with Crippen LogP contribution in [0.15, 0.2) is 18.2 Å². The largest absolute Gasteiger partial charge is 0.482 e. The summed E-state index contributed by atoms with van der Waals surface area (Å²) in [5.41, 5.74) is 5.67. The van der Waals surface area contributed by atoms with Crippen molar-refractivity contribution in [3.8, 4) is 5.75 Å². The van der Waals surface area contributed by atoms with Gasteiger partial charge < -0.3 is 20.5 Å². The van der Waals surface area contributed by atoms with E-state index in [1.54, 1.807) is 7.11 Å². The molecule has 0 radical (unpaired) electrons. The average molecular weight is 242 g/mol. The summed E-state index contributed by atoms with van der Waals surface area (Å²) in [6.07, 6.45) is 0. The number of rotatable bonds is 6. The van der Waals surface area contributed by atoms with Gasteiger partial charge in [0, 0.05) is 19.7 Å². The smallest absolute Gasteiger partial charge is 0.258 e. The average Bonchev–Trinajstić information content (AvgIpc) is 2.28. The maximum atomic E-state index is 12.7. The molecule has 3 N–H and O–H groups in total. The van der Waals surface area contributed by atoms with Crippen molar-refractivity contribution >= 4 is 11.6 Å². The van der Waals surface area contributed by atoms with E-state index in [0.29, 0.717) is 13.2 Å². The predicted octanol–water partition coefficient (Wildman–Crippen LogP) is 0.549. The van der Waals surface area contributed by atoms with Gasteiger partial charge in [0.25, 0.3) is 5.91 Å². The molecule has 0 bridgehead atoms. The summed E-state index contributed by atoms with van der Waals surface area (Å²) < 4.78 is 22.6. The van der Waals surface area contributed by atoms with Crippen LogP contribution in [0.1, 0.15) is 0 Å². The molecule has 1 aromatic carbocycles. The molecule has 0 aliphatic heterocycles. The van der Waals surface area contributed by atoms with Crippen LogP contribution >= 0.6 is 0 Å². The summed E-state index contributed by atoms with van der Waals surface area (Å²) in [5.74, 6) is -0.446. The topological polar surface area (TPSA) is 73.6 Å². The maximum Gasteiger partial charge on any atom is 0.258 e. The number of nitrogen functional groups attached to an aromatic ring is 1. The van der Waals surface area contributed by atoms with Gasteiger partial charge in [0.1, 0.15) is 11.6 Å². The Hall–Kier alpha value is -1.82. The van der Waals surface area contributed by atoms with Gasteiger partial charge in [0.05, 0.1) is 12.3 Å². The normalized spacial score (nSPS) is 10.0. The molecule has 0 saturated carbocycles. The molecule has 0 heterocycles. The fraction of sp³-hybridized carbons (Fsp3) is 0.364. The zero-order valence-electron chi connectivity index (χ0n) is 9.53. The summed E-state index contributed by atoms with van der Waals surface area (Å²) in [7, 11) is 1.54. The zero-order valence-corrected chi connectivity index (χ0v) is 9.53. The Morgan fingerprint density at radius 2 is 2.29 bits per heavy atom. The molecule has 94 valence electrons. The van der Waals surface area contributed by atoms with Crippen LogP contribution in [0, 0.1) is 5.82 Å². The number of hydrogen-bond acceptors (Lipinski definition) is 4. The van der Waals surface area contributed by atoms with Crippen LogP contribution in [0.25, 0.3) is 0 Å². The summed E-state index contributed by atoms with van der Waals surface area (Å²) >= 11 is 0. The maximum absolute atomic E-state index is 12.7. The Balaban J connectivity index is 2.37. The first-order valence-corrected chi connectivity index (χ1v) is 5.07. The highest BCUT2D eigenvalue weighted by Crippen LogP contribution is 2.21. The third kappa shape index (κ3) is 4.69. The molecule has 0 saturated heterocycles. The first kappa shape index (κ1) is 13.2. The van der Waals surface area contributed by atoms with E-state index in [-0.39, 0.29) is 24.0 Å². The van der Waals surface area contributed by atoms with Gasteiger partial charge in [-0.25, -0.2) is 4.39 Å². The molecule has 0 fully saturated rings. The Kier molecular flexibility index (Phi) is 5.22. The van der Waals surface area contributed by atoms with Crippen LogP contribution in [0.3, 0.4) is 0 Å². The number of methoxy groups -OCH3 is 1. The molecule has 0 spiro atoms. The Bertz CT molecular complexity index is 385. The van der Waals surface area contributed by atoms with Crippen LogP contribution in [-0.2, 0) is 9.53 Å². The lowest BCUT2D eigenvalue weighted by atomic mass is 10.3. The van der Waals surface area contributed by atoms with E-state index < -0.39 is 5.82 Å². The fourth-order valence-electron chi connectivity index (χ4n) is 1.14. The van der Waals surface area contributed by atoms with Gasteiger partial charge >= 0.3 is 0 Å². The van der Waals surface area contributed by atoms with Gasteiger partial charge in [0.2, 0.25) is 0 Å². The number of carbonyl (C=O) groups excluding carboxylic acids is 1. The number of anilines is 1. The molecule has 17 heavy (non-hydrogen) atoms. The molecule has 0 unspecified atom stereocenters. The highest BCUT2D eigenvalue weighted by Gasteiger charge is 2.05. The van der Waals surface area contributed by atoms with Crippen LogP contribution in [0.4, 0.5) is 10.1 Å². The molecule has 0 aliphatic rings. The van der Waals surface area contributed by atoms with E-state index >= 15 is 0 Å². The van der Waals surface area contributed by atoms with Crippen molar-refractivity contribution in [3.63, 3.8) is 0 Å². The molecule has 0 aromatic heterocycles. The number of carbonyl (C=O) groups is 1.